The van der Waals surface area contributed by atoms with Crippen LogP contribution in [0.2, 0.25) is 0 Å². The van der Waals surface area contributed by atoms with Crippen molar-refractivity contribution in [2.45, 2.75) is 0 Å². The lowest BCUT2D eigenvalue weighted by Gasteiger charge is -2.35. The fourth-order valence-electron chi connectivity index (χ4n) is 7.97. The Morgan fingerprint density at radius 3 is 1.98 bits per heavy atom. The molecule has 0 saturated carbocycles. The van der Waals surface area contributed by atoms with E-state index >= 15 is 0 Å². The number of benzene rings is 8. The summed E-state index contributed by atoms with van der Waals surface area (Å²) in [6.45, 7) is 0. The maximum atomic E-state index is 6.20. The summed E-state index contributed by atoms with van der Waals surface area (Å²) in [5.74, 6) is 0. The highest BCUT2D eigenvalue weighted by Crippen LogP contribution is 2.54. The molecule has 10 aromatic rings. The molecule has 0 N–H and O–H groups in total. The number of furan rings is 1. The highest BCUT2D eigenvalue weighted by atomic mass is 16.3. The minimum absolute atomic E-state index is 0.831. The van der Waals surface area contributed by atoms with Crippen LogP contribution in [0.25, 0.3) is 88.2 Å². The lowest BCUT2D eigenvalue weighted by Crippen LogP contribution is -2.16. The van der Waals surface area contributed by atoms with Crippen LogP contribution >= 0.6 is 0 Å². The van der Waals surface area contributed by atoms with E-state index in [4.69, 9.17) is 14.4 Å². The highest BCUT2D eigenvalue weighted by molar-refractivity contribution is 6.20. The Kier molecular flexibility index (Phi) is 5.63. The zero-order chi connectivity index (χ0) is 32.8. The molecule has 2 aromatic heterocycles. The molecule has 8 aromatic carbocycles. The van der Waals surface area contributed by atoms with Gasteiger partial charge in [0.15, 0.2) is 0 Å². The van der Waals surface area contributed by atoms with Gasteiger partial charge in [-0.3, -0.25) is 0 Å². The van der Waals surface area contributed by atoms with Gasteiger partial charge >= 0.3 is 0 Å². The van der Waals surface area contributed by atoms with Crippen LogP contribution in [0.3, 0.4) is 0 Å². The Hall–Kier alpha value is -6.78. The van der Waals surface area contributed by atoms with Crippen molar-refractivity contribution in [1.29, 1.82) is 0 Å². The fraction of sp³-hybridized carbons (Fsp3) is 0. The van der Waals surface area contributed by atoms with Crippen molar-refractivity contribution >= 4 is 71.6 Å². The van der Waals surface area contributed by atoms with E-state index in [1.807, 2.05) is 36.4 Å². The molecular weight excluding hydrogens is 611 g/mol. The largest absolute Gasteiger partial charge is 0.456 e. The summed E-state index contributed by atoms with van der Waals surface area (Å²) in [5, 5.41) is 7.07. The van der Waals surface area contributed by atoms with Gasteiger partial charge < -0.3 is 9.32 Å². The normalized spacial score (nSPS) is 12.4. The number of hydrogen-bond donors (Lipinski definition) is 0. The predicted molar refractivity (Wildman–Crippen MR) is 206 cm³/mol. The zero-order valence-corrected chi connectivity index (χ0v) is 26.8. The molecule has 232 valence electrons. The van der Waals surface area contributed by atoms with Crippen LogP contribution in [-0.2, 0) is 0 Å². The molecule has 0 saturated heterocycles. The first-order valence-electron chi connectivity index (χ1n) is 16.9. The maximum absolute atomic E-state index is 6.20. The first-order chi connectivity index (χ1) is 24.8. The third-order valence-corrected chi connectivity index (χ3v) is 10.2. The fourth-order valence-corrected chi connectivity index (χ4v) is 7.97. The van der Waals surface area contributed by atoms with Gasteiger partial charge in [-0.15, -0.1) is 0 Å². The second-order valence-corrected chi connectivity index (χ2v) is 12.9. The van der Waals surface area contributed by atoms with Crippen molar-refractivity contribution in [3.63, 3.8) is 0 Å². The van der Waals surface area contributed by atoms with Crippen molar-refractivity contribution in [2.24, 2.45) is 0 Å². The SMILES string of the molecule is c1ccc(N2c3ccc4ccccc4c3-c3cccc4cccc2c34)c(-c2nc3ccccc3nc2-c2ccc3oc4ccccc4c3c2)c1. The van der Waals surface area contributed by atoms with Gasteiger partial charge in [-0.25, -0.2) is 9.97 Å². The molecular formula is C46H27N3O. The third-order valence-electron chi connectivity index (χ3n) is 10.2. The number of anilines is 3. The Balaban J connectivity index is 1.22. The summed E-state index contributed by atoms with van der Waals surface area (Å²) in [7, 11) is 0. The quantitative estimate of drug-likeness (QED) is 0.193. The van der Waals surface area contributed by atoms with Gasteiger partial charge in [0.1, 0.15) is 11.2 Å². The minimum atomic E-state index is 0.831. The molecule has 0 radical (unpaired) electrons. The van der Waals surface area contributed by atoms with E-state index in [0.717, 1.165) is 72.5 Å². The minimum Gasteiger partial charge on any atom is -0.456 e. The van der Waals surface area contributed by atoms with Gasteiger partial charge in [-0.05, 0) is 76.3 Å². The summed E-state index contributed by atoms with van der Waals surface area (Å²) in [4.78, 5) is 13.2. The number of hydrogen-bond acceptors (Lipinski definition) is 4. The monoisotopic (exact) mass is 637 g/mol. The molecule has 0 spiro atoms. The predicted octanol–water partition coefficient (Wildman–Crippen LogP) is 12.6. The maximum Gasteiger partial charge on any atom is 0.135 e. The van der Waals surface area contributed by atoms with E-state index in [2.05, 4.69) is 132 Å². The zero-order valence-electron chi connectivity index (χ0n) is 26.8. The molecule has 4 nitrogen and oxygen atoms in total. The van der Waals surface area contributed by atoms with E-state index in [0.29, 0.717) is 0 Å². The Bertz CT molecular complexity index is 3010. The molecule has 1 aliphatic heterocycles. The van der Waals surface area contributed by atoms with E-state index in [-0.39, 0.29) is 0 Å². The van der Waals surface area contributed by atoms with Crippen molar-refractivity contribution in [1.82, 2.24) is 9.97 Å². The molecule has 4 heteroatoms. The lowest BCUT2D eigenvalue weighted by atomic mass is 9.87. The van der Waals surface area contributed by atoms with E-state index in [9.17, 15) is 0 Å². The number of rotatable bonds is 3. The molecule has 0 bridgehead atoms. The van der Waals surface area contributed by atoms with Crippen LogP contribution in [0.5, 0.6) is 0 Å². The molecule has 50 heavy (non-hydrogen) atoms. The van der Waals surface area contributed by atoms with Gasteiger partial charge in [-0.1, -0.05) is 109 Å². The smallest absolute Gasteiger partial charge is 0.135 e. The molecule has 1 aliphatic rings. The Labute approximate surface area is 287 Å². The second-order valence-electron chi connectivity index (χ2n) is 12.9. The summed E-state index contributed by atoms with van der Waals surface area (Å²) < 4.78 is 6.20. The average molecular weight is 638 g/mol. The molecule has 0 atom stereocenters. The van der Waals surface area contributed by atoms with Gasteiger partial charge in [0.2, 0.25) is 0 Å². The van der Waals surface area contributed by atoms with Gasteiger partial charge in [0.05, 0.1) is 39.5 Å². The first-order valence-corrected chi connectivity index (χ1v) is 16.9. The van der Waals surface area contributed by atoms with Gasteiger partial charge in [0.25, 0.3) is 0 Å². The number of fused-ring (bicyclic) bond motifs is 8. The molecule has 11 rings (SSSR count). The van der Waals surface area contributed by atoms with E-state index < -0.39 is 0 Å². The Morgan fingerprint density at radius 2 is 1.08 bits per heavy atom. The van der Waals surface area contributed by atoms with E-state index in [1.165, 1.54) is 32.7 Å². The number of aromatic nitrogens is 2. The Morgan fingerprint density at radius 1 is 0.420 bits per heavy atom. The van der Waals surface area contributed by atoms with Crippen LogP contribution in [0, 0.1) is 0 Å². The summed E-state index contributed by atoms with van der Waals surface area (Å²) in [6, 6.07) is 57.8. The van der Waals surface area contributed by atoms with Crippen molar-refractivity contribution in [2.75, 3.05) is 4.90 Å². The van der Waals surface area contributed by atoms with Crippen molar-refractivity contribution in [3.05, 3.63) is 164 Å². The highest BCUT2D eigenvalue weighted by Gasteiger charge is 2.30. The van der Waals surface area contributed by atoms with Crippen LogP contribution in [0.4, 0.5) is 17.1 Å². The van der Waals surface area contributed by atoms with E-state index in [1.54, 1.807) is 0 Å². The lowest BCUT2D eigenvalue weighted by molar-refractivity contribution is 0.669. The molecule has 0 unspecified atom stereocenters. The van der Waals surface area contributed by atoms with Crippen LogP contribution in [0.15, 0.2) is 168 Å². The second kappa shape index (κ2) is 10.4. The number of para-hydroxylation sites is 4. The van der Waals surface area contributed by atoms with Crippen LogP contribution in [-0.4, -0.2) is 9.97 Å². The topological polar surface area (TPSA) is 42.2 Å². The standard InChI is InChI=1S/C46H27N3O/c1-2-14-31-28(11-1)23-25-40-44(31)34-17-9-12-29-13-10-21-39(43(29)34)49(40)38-20-7-3-16-33(38)46-45(47-36-18-5-6-19-37(36)48-46)30-24-26-42-35(27-30)32-15-4-8-22-41(32)50-42/h1-27H. The van der Waals surface area contributed by atoms with Crippen molar-refractivity contribution in [3.8, 4) is 33.6 Å². The van der Waals surface area contributed by atoms with Crippen LogP contribution in [0.1, 0.15) is 0 Å². The molecule has 0 aliphatic carbocycles. The molecule has 3 heterocycles. The van der Waals surface area contributed by atoms with Crippen LogP contribution < -0.4 is 4.90 Å². The van der Waals surface area contributed by atoms with Gasteiger partial charge in [-0.2, -0.15) is 0 Å². The molecule has 0 amide bonds. The molecule has 0 fully saturated rings. The van der Waals surface area contributed by atoms with Crippen molar-refractivity contribution < 1.29 is 4.42 Å². The van der Waals surface area contributed by atoms with Gasteiger partial charge in [0, 0.05) is 32.8 Å². The summed E-state index contributed by atoms with van der Waals surface area (Å²) >= 11 is 0. The summed E-state index contributed by atoms with van der Waals surface area (Å²) in [6.07, 6.45) is 0. The first kappa shape index (κ1) is 27.2. The third kappa shape index (κ3) is 3.87. The number of nitrogens with zero attached hydrogens (tertiary/aromatic N) is 3. The average Bonchev–Trinajstić information content (AvgIpc) is 3.55. The summed E-state index contributed by atoms with van der Waals surface area (Å²) in [5.41, 5.74) is 12.9.